The lowest BCUT2D eigenvalue weighted by Gasteiger charge is -2.26. The van der Waals surface area contributed by atoms with Gasteiger partial charge in [-0.3, -0.25) is 14.7 Å². The van der Waals surface area contributed by atoms with Gasteiger partial charge in [0.1, 0.15) is 0 Å². The molecular formula is C21H34IN5O3. The van der Waals surface area contributed by atoms with Gasteiger partial charge in [-0.2, -0.15) is 0 Å². The molecule has 168 valence electrons. The smallest absolute Gasteiger partial charge is 0.239 e. The number of carbonyl (C=O) groups is 1. The van der Waals surface area contributed by atoms with Gasteiger partial charge in [0.05, 0.1) is 19.3 Å². The summed E-state index contributed by atoms with van der Waals surface area (Å²) < 4.78 is 11.4. The molecule has 0 bridgehead atoms. The third-order valence-electron chi connectivity index (χ3n) is 5.24. The maximum Gasteiger partial charge on any atom is 0.239 e. The summed E-state index contributed by atoms with van der Waals surface area (Å²) in [4.78, 5) is 20.6. The molecule has 1 atom stereocenters. The number of hydrogen-bond acceptors (Lipinski definition) is 5. The Morgan fingerprint density at radius 2 is 2.00 bits per heavy atom. The van der Waals surface area contributed by atoms with E-state index in [1.54, 1.807) is 11.9 Å². The first kappa shape index (κ1) is 24.5. The number of fused-ring (bicyclic) bond motifs is 1. The number of nitrogens with zero attached hydrogens (tertiary/aromatic N) is 3. The molecule has 0 spiro atoms. The van der Waals surface area contributed by atoms with Gasteiger partial charge in [-0.1, -0.05) is 0 Å². The van der Waals surface area contributed by atoms with E-state index < -0.39 is 0 Å². The van der Waals surface area contributed by atoms with Crippen molar-refractivity contribution >= 4 is 41.5 Å². The summed E-state index contributed by atoms with van der Waals surface area (Å²) in [6.45, 7) is 4.02. The van der Waals surface area contributed by atoms with Gasteiger partial charge in [0.25, 0.3) is 0 Å². The van der Waals surface area contributed by atoms with Crippen molar-refractivity contribution < 1.29 is 14.3 Å². The lowest BCUT2D eigenvalue weighted by Crippen LogP contribution is -2.43. The van der Waals surface area contributed by atoms with E-state index >= 15 is 0 Å². The van der Waals surface area contributed by atoms with Crippen LogP contribution in [0.2, 0.25) is 0 Å². The van der Waals surface area contributed by atoms with Crippen LogP contribution in [0, 0.1) is 0 Å². The number of likely N-dealkylation sites (N-methyl/N-ethyl adjacent to an activating group) is 1. The first-order valence-corrected chi connectivity index (χ1v) is 10.4. The van der Waals surface area contributed by atoms with E-state index in [-0.39, 0.29) is 35.9 Å². The molecule has 8 nitrogen and oxygen atoms in total. The molecule has 0 radical (unpaired) electrons. The van der Waals surface area contributed by atoms with E-state index in [0.717, 1.165) is 62.5 Å². The lowest BCUT2D eigenvalue weighted by molar-refractivity contribution is -0.133. The average Bonchev–Trinajstić information content (AvgIpc) is 3.06. The van der Waals surface area contributed by atoms with Crippen LogP contribution in [0.3, 0.4) is 0 Å². The van der Waals surface area contributed by atoms with E-state index in [1.165, 1.54) is 0 Å². The van der Waals surface area contributed by atoms with Crippen LogP contribution < -0.4 is 20.1 Å². The molecule has 0 aliphatic carbocycles. The van der Waals surface area contributed by atoms with Gasteiger partial charge in [-0.15, -0.1) is 24.0 Å². The van der Waals surface area contributed by atoms with Crippen molar-refractivity contribution in [1.82, 2.24) is 15.1 Å². The molecule has 3 rings (SSSR count). The van der Waals surface area contributed by atoms with Gasteiger partial charge in [-0.05, 0) is 37.9 Å². The molecule has 1 fully saturated rings. The normalized spacial score (nSPS) is 18.9. The number of likely N-dealkylation sites (tertiary alicyclic amines) is 1. The van der Waals surface area contributed by atoms with Gasteiger partial charge < -0.3 is 25.0 Å². The van der Waals surface area contributed by atoms with Gasteiger partial charge >= 0.3 is 0 Å². The molecule has 1 saturated heterocycles. The Hall–Kier alpha value is -1.75. The molecule has 2 N–H and O–H groups in total. The number of carbonyl (C=O) groups excluding carboxylic acids is 1. The summed E-state index contributed by atoms with van der Waals surface area (Å²) in [7, 11) is 5.41. The predicted octanol–water partition coefficient (Wildman–Crippen LogP) is 2.40. The minimum Gasteiger partial charge on any atom is -0.490 e. The van der Waals surface area contributed by atoms with E-state index in [9.17, 15) is 4.79 Å². The standard InChI is InChI=1S/C21H33N5O3.HI/c1-22-21(24-16-8-9-18-19(15-16)29-14-6-13-28-18)23-10-5-12-26-11-4-7-17(26)20(27)25(2)3;/h8-9,15,17H,4-7,10-14H2,1-3H3,(H2,22,23,24);1H. The zero-order valence-corrected chi connectivity index (χ0v) is 20.5. The maximum absolute atomic E-state index is 12.3. The first-order valence-electron chi connectivity index (χ1n) is 10.4. The number of ether oxygens (including phenoxy) is 2. The molecular weight excluding hydrogens is 497 g/mol. The fourth-order valence-corrected chi connectivity index (χ4v) is 3.72. The highest BCUT2D eigenvalue weighted by atomic mass is 127. The molecule has 1 aromatic rings. The van der Waals surface area contributed by atoms with Gasteiger partial charge in [0.2, 0.25) is 5.91 Å². The summed E-state index contributed by atoms with van der Waals surface area (Å²) in [5.41, 5.74) is 0.901. The number of anilines is 1. The Morgan fingerprint density at radius 3 is 2.73 bits per heavy atom. The fourth-order valence-electron chi connectivity index (χ4n) is 3.72. The third-order valence-corrected chi connectivity index (χ3v) is 5.24. The zero-order chi connectivity index (χ0) is 20.6. The SMILES string of the molecule is CN=C(NCCCN1CCCC1C(=O)N(C)C)Nc1ccc2c(c1)OCCCO2.I. The summed E-state index contributed by atoms with van der Waals surface area (Å²) in [5, 5.41) is 6.64. The lowest BCUT2D eigenvalue weighted by atomic mass is 10.2. The summed E-state index contributed by atoms with van der Waals surface area (Å²) in [6.07, 6.45) is 3.88. The zero-order valence-electron chi connectivity index (χ0n) is 18.1. The van der Waals surface area contributed by atoms with Crippen LogP contribution in [0.1, 0.15) is 25.7 Å². The average molecular weight is 531 g/mol. The van der Waals surface area contributed by atoms with Gasteiger partial charge in [0, 0.05) is 52.4 Å². The minimum atomic E-state index is 0. The van der Waals surface area contributed by atoms with Crippen LogP contribution in [-0.4, -0.2) is 81.7 Å². The Balaban J connectivity index is 0.00000320. The Kier molecular flexibility index (Phi) is 9.96. The molecule has 2 aliphatic rings. The second-order valence-electron chi connectivity index (χ2n) is 7.62. The number of hydrogen-bond donors (Lipinski definition) is 2. The first-order chi connectivity index (χ1) is 14.1. The second kappa shape index (κ2) is 12.2. The summed E-state index contributed by atoms with van der Waals surface area (Å²) in [6, 6.07) is 5.85. The molecule has 1 amide bonds. The van der Waals surface area contributed by atoms with E-state index in [1.807, 2.05) is 32.3 Å². The van der Waals surface area contributed by atoms with Crippen molar-refractivity contribution in [3.63, 3.8) is 0 Å². The van der Waals surface area contributed by atoms with Crippen LogP contribution in [0.25, 0.3) is 0 Å². The molecule has 2 heterocycles. The molecule has 9 heteroatoms. The monoisotopic (exact) mass is 531 g/mol. The highest BCUT2D eigenvalue weighted by Crippen LogP contribution is 2.32. The van der Waals surface area contributed by atoms with Crippen molar-refractivity contribution in [3.8, 4) is 11.5 Å². The maximum atomic E-state index is 12.3. The summed E-state index contributed by atoms with van der Waals surface area (Å²) >= 11 is 0. The van der Waals surface area contributed by atoms with Crippen LogP contribution in [0.4, 0.5) is 5.69 Å². The van der Waals surface area contributed by atoms with E-state index in [2.05, 4.69) is 20.5 Å². The molecule has 0 aromatic heterocycles. The number of nitrogens with one attached hydrogen (secondary N) is 2. The van der Waals surface area contributed by atoms with Crippen molar-refractivity contribution in [2.45, 2.75) is 31.7 Å². The highest BCUT2D eigenvalue weighted by molar-refractivity contribution is 14.0. The predicted molar refractivity (Wildman–Crippen MR) is 130 cm³/mol. The molecule has 1 aromatic carbocycles. The second-order valence-corrected chi connectivity index (χ2v) is 7.62. The minimum absolute atomic E-state index is 0. The Bertz CT molecular complexity index is 729. The van der Waals surface area contributed by atoms with Crippen molar-refractivity contribution in [3.05, 3.63) is 18.2 Å². The van der Waals surface area contributed by atoms with Crippen LogP contribution in [0.15, 0.2) is 23.2 Å². The molecule has 2 aliphatic heterocycles. The number of rotatable bonds is 6. The molecule has 0 saturated carbocycles. The van der Waals surface area contributed by atoms with Gasteiger partial charge in [-0.25, -0.2) is 0 Å². The van der Waals surface area contributed by atoms with Crippen molar-refractivity contribution in [2.75, 3.05) is 59.3 Å². The van der Waals surface area contributed by atoms with Gasteiger partial charge in [0.15, 0.2) is 17.5 Å². The summed E-state index contributed by atoms with van der Waals surface area (Å²) in [5.74, 6) is 2.46. The Labute approximate surface area is 196 Å². The fraction of sp³-hybridized carbons (Fsp3) is 0.619. The number of amides is 1. The quantitative estimate of drug-likeness (QED) is 0.254. The van der Waals surface area contributed by atoms with Crippen LogP contribution in [-0.2, 0) is 4.79 Å². The number of aliphatic imine (C=N–C) groups is 1. The highest BCUT2D eigenvalue weighted by Gasteiger charge is 2.30. The molecule has 1 unspecified atom stereocenters. The third kappa shape index (κ3) is 6.63. The van der Waals surface area contributed by atoms with Crippen molar-refractivity contribution in [2.24, 2.45) is 4.99 Å². The largest absolute Gasteiger partial charge is 0.490 e. The van der Waals surface area contributed by atoms with Crippen LogP contribution >= 0.6 is 24.0 Å². The molecule has 30 heavy (non-hydrogen) atoms. The number of benzene rings is 1. The van der Waals surface area contributed by atoms with E-state index in [4.69, 9.17) is 9.47 Å². The number of guanidine groups is 1. The number of halogens is 1. The van der Waals surface area contributed by atoms with Crippen molar-refractivity contribution in [1.29, 1.82) is 0 Å². The Morgan fingerprint density at radius 1 is 1.23 bits per heavy atom. The topological polar surface area (TPSA) is 78.4 Å². The van der Waals surface area contributed by atoms with E-state index in [0.29, 0.717) is 19.2 Å². The van der Waals surface area contributed by atoms with Crippen LogP contribution in [0.5, 0.6) is 11.5 Å².